The standard InChI is InChI=1S/C39H62O12/c1-18-8-13-39(46-17-18)19(2)28-26(51-39)15-25-23-7-6-21-14-22(9-11-37(21,4)24(23)10-12-38(25,28)5)48-36-33(45)31(43)34(27(16-40)49-36)50-35-32(44)30(42)29(41)20(3)47-35/h6,18-20,22-36,40-45H,7-17H2,1-5H3/t18-,19+,20+,22+,23?,24?,25?,26+,27-,28+,29+,30-,31-,32-,33-,34-,35+,36+,37+,38+,39-/m1/s1. The number of aliphatic hydroxyl groups is 6. The quantitative estimate of drug-likeness (QED) is 0.229. The number of allylic oxidation sites excluding steroid dienone is 1. The zero-order chi connectivity index (χ0) is 36.2. The van der Waals surface area contributed by atoms with E-state index in [9.17, 15) is 30.6 Å². The molecule has 4 heterocycles. The van der Waals surface area contributed by atoms with Crippen LogP contribution >= 0.6 is 0 Å². The first-order valence-electron chi connectivity index (χ1n) is 19.8. The Morgan fingerprint density at radius 3 is 2.29 bits per heavy atom. The molecule has 12 nitrogen and oxygen atoms in total. The molecule has 3 saturated carbocycles. The Hall–Kier alpha value is -0.740. The van der Waals surface area contributed by atoms with Gasteiger partial charge in [0.25, 0.3) is 0 Å². The van der Waals surface area contributed by atoms with Gasteiger partial charge in [-0.25, -0.2) is 0 Å². The van der Waals surface area contributed by atoms with Crippen molar-refractivity contribution in [2.45, 2.75) is 172 Å². The van der Waals surface area contributed by atoms with Crippen LogP contribution in [-0.2, 0) is 28.4 Å². The first-order valence-corrected chi connectivity index (χ1v) is 19.8. The fourth-order valence-corrected chi connectivity index (χ4v) is 12.6. The van der Waals surface area contributed by atoms with E-state index in [1.807, 2.05) is 0 Å². The van der Waals surface area contributed by atoms with Crippen molar-refractivity contribution in [2.75, 3.05) is 13.2 Å². The lowest BCUT2D eigenvalue weighted by molar-refractivity contribution is -0.360. The molecule has 12 heteroatoms. The number of ether oxygens (including phenoxy) is 6. The van der Waals surface area contributed by atoms with Crippen LogP contribution in [0.25, 0.3) is 0 Å². The summed E-state index contributed by atoms with van der Waals surface area (Å²) in [5.41, 5.74) is 1.75. The molecular weight excluding hydrogens is 660 g/mol. The minimum atomic E-state index is -1.61. The lowest BCUT2D eigenvalue weighted by Gasteiger charge is -2.58. The van der Waals surface area contributed by atoms with Gasteiger partial charge in [-0.05, 0) is 98.7 Å². The SMILES string of the molecule is C[C@@H]1CC[C@@]2(OC1)O[C@H]1CC3C4CC=C5C[C@@H](O[C@H]6O[C@H](CO)[C@@H](O[C@@H]7O[C@@H](C)[C@H](O)[C@@H](O)[C@H]7O)[C@H](O)[C@H]6O)CC[C@]5(C)C4CC[C@]3(C)[C@H]1[C@@H]2C. The molecule has 51 heavy (non-hydrogen) atoms. The van der Waals surface area contributed by atoms with E-state index < -0.39 is 73.8 Å². The maximum absolute atomic E-state index is 11.1. The van der Waals surface area contributed by atoms with Crippen LogP contribution in [0.2, 0.25) is 0 Å². The molecule has 4 aliphatic heterocycles. The molecule has 6 N–H and O–H groups in total. The maximum Gasteiger partial charge on any atom is 0.187 e. The molecule has 4 saturated heterocycles. The van der Waals surface area contributed by atoms with Gasteiger partial charge in [-0.15, -0.1) is 0 Å². The molecule has 7 fully saturated rings. The Morgan fingerprint density at radius 1 is 0.824 bits per heavy atom. The van der Waals surface area contributed by atoms with Crippen molar-refractivity contribution in [1.29, 1.82) is 0 Å². The van der Waals surface area contributed by atoms with Gasteiger partial charge in [-0.3, -0.25) is 0 Å². The molecule has 8 rings (SSSR count). The fraction of sp³-hybridized carbons (Fsp3) is 0.949. The highest BCUT2D eigenvalue weighted by molar-refractivity contribution is 5.26. The molecule has 8 aliphatic rings. The number of rotatable bonds is 5. The van der Waals surface area contributed by atoms with E-state index in [4.69, 9.17) is 28.4 Å². The largest absolute Gasteiger partial charge is 0.394 e. The summed E-state index contributed by atoms with van der Waals surface area (Å²) in [6.07, 6.45) is -1.53. The molecule has 0 radical (unpaired) electrons. The maximum atomic E-state index is 11.1. The normalized spacial score (nSPS) is 58.4. The first kappa shape index (κ1) is 37.2. The molecule has 3 unspecified atom stereocenters. The number of hydrogen-bond donors (Lipinski definition) is 6. The second kappa shape index (κ2) is 13.5. The predicted octanol–water partition coefficient (Wildman–Crippen LogP) is 2.39. The number of hydrogen-bond acceptors (Lipinski definition) is 12. The summed E-state index contributed by atoms with van der Waals surface area (Å²) in [7, 11) is 0. The lowest BCUT2D eigenvalue weighted by Crippen LogP contribution is -2.64. The van der Waals surface area contributed by atoms with Crippen molar-refractivity contribution in [2.24, 2.45) is 46.3 Å². The molecule has 0 aromatic carbocycles. The Bertz CT molecular complexity index is 1300. The summed E-state index contributed by atoms with van der Waals surface area (Å²) in [6, 6.07) is 0. The first-order chi connectivity index (χ1) is 24.2. The van der Waals surface area contributed by atoms with Crippen LogP contribution in [0.4, 0.5) is 0 Å². The van der Waals surface area contributed by atoms with Crippen LogP contribution in [0.15, 0.2) is 11.6 Å². The van der Waals surface area contributed by atoms with Crippen molar-refractivity contribution in [3.8, 4) is 0 Å². The highest BCUT2D eigenvalue weighted by Gasteiger charge is 2.68. The summed E-state index contributed by atoms with van der Waals surface area (Å²) in [6.45, 7) is 11.5. The zero-order valence-electron chi connectivity index (χ0n) is 30.9. The Labute approximate surface area is 301 Å². The van der Waals surface area contributed by atoms with Gasteiger partial charge >= 0.3 is 0 Å². The van der Waals surface area contributed by atoms with Gasteiger partial charge in [0.15, 0.2) is 18.4 Å². The average molecular weight is 723 g/mol. The van der Waals surface area contributed by atoms with Crippen LogP contribution in [0, 0.1) is 46.3 Å². The highest BCUT2D eigenvalue weighted by Crippen LogP contribution is 2.70. The van der Waals surface area contributed by atoms with Gasteiger partial charge in [0.2, 0.25) is 0 Å². The third-order valence-corrected chi connectivity index (χ3v) is 15.6. The molecule has 1 spiro atoms. The monoisotopic (exact) mass is 722 g/mol. The van der Waals surface area contributed by atoms with E-state index in [2.05, 4.69) is 33.8 Å². The molecule has 21 atom stereocenters. The molecular formula is C39H62O12. The van der Waals surface area contributed by atoms with Gasteiger partial charge in [0.1, 0.15) is 42.7 Å². The average Bonchev–Trinajstić information content (AvgIpc) is 3.56. The molecule has 0 bridgehead atoms. The topological polar surface area (TPSA) is 177 Å². The van der Waals surface area contributed by atoms with E-state index in [1.165, 1.54) is 31.8 Å². The molecule has 0 aromatic heterocycles. The zero-order valence-corrected chi connectivity index (χ0v) is 30.9. The Morgan fingerprint density at radius 2 is 1.57 bits per heavy atom. The van der Waals surface area contributed by atoms with Gasteiger partial charge in [-0.2, -0.15) is 0 Å². The fourth-order valence-electron chi connectivity index (χ4n) is 12.6. The minimum absolute atomic E-state index is 0.0757. The Kier molecular flexibility index (Phi) is 9.83. The van der Waals surface area contributed by atoms with Gasteiger partial charge in [0, 0.05) is 12.3 Å². The summed E-state index contributed by atoms with van der Waals surface area (Å²) in [5.74, 6) is 2.99. The van der Waals surface area contributed by atoms with E-state index in [1.54, 1.807) is 0 Å². The smallest absolute Gasteiger partial charge is 0.187 e. The van der Waals surface area contributed by atoms with Gasteiger partial charge in [0.05, 0.1) is 31.5 Å². The minimum Gasteiger partial charge on any atom is -0.394 e. The third-order valence-electron chi connectivity index (χ3n) is 15.6. The second-order valence-electron chi connectivity index (χ2n) is 18.3. The molecule has 290 valence electrons. The van der Waals surface area contributed by atoms with Crippen molar-refractivity contribution >= 4 is 0 Å². The number of aliphatic hydroxyl groups excluding tert-OH is 6. The van der Waals surface area contributed by atoms with Crippen LogP contribution in [0.1, 0.15) is 92.4 Å². The number of fused-ring (bicyclic) bond motifs is 7. The highest BCUT2D eigenvalue weighted by atomic mass is 16.7. The van der Waals surface area contributed by atoms with Crippen molar-refractivity contribution in [3.63, 3.8) is 0 Å². The van der Waals surface area contributed by atoms with E-state index >= 15 is 0 Å². The second-order valence-corrected chi connectivity index (χ2v) is 18.3. The van der Waals surface area contributed by atoms with Crippen LogP contribution in [0.5, 0.6) is 0 Å². The van der Waals surface area contributed by atoms with E-state index in [0.29, 0.717) is 35.5 Å². The van der Waals surface area contributed by atoms with Gasteiger partial charge < -0.3 is 59.1 Å². The lowest BCUT2D eigenvalue weighted by atomic mass is 9.47. The van der Waals surface area contributed by atoms with Crippen LogP contribution < -0.4 is 0 Å². The van der Waals surface area contributed by atoms with E-state index in [0.717, 1.165) is 45.1 Å². The van der Waals surface area contributed by atoms with Crippen molar-refractivity contribution in [1.82, 2.24) is 0 Å². The van der Waals surface area contributed by atoms with E-state index in [-0.39, 0.29) is 23.0 Å². The van der Waals surface area contributed by atoms with Crippen LogP contribution in [0.3, 0.4) is 0 Å². The van der Waals surface area contributed by atoms with Crippen LogP contribution in [-0.4, -0.2) is 123 Å². The van der Waals surface area contributed by atoms with Crippen molar-refractivity contribution < 1.29 is 59.1 Å². The molecule has 4 aliphatic carbocycles. The summed E-state index contributed by atoms with van der Waals surface area (Å²) < 4.78 is 37.1. The third kappa shape index (κ3) is 5.84. The summed E-state index contributed by atoms with van der Waals surface area (Å²) >= 11 is 0. The summed E-state index contributed by atoms with van der Waals surface area (Å²) in [4.78, 5) is 0. The predicted molar refractivity (Wildman–Crippen MR) is 182 cm³/mol. The molecule has 0 amide bonds. The summed E-state index contributed by atoms with van der Waals surface area (Å²) in [5, 5.41) is 63.1. The van der Waals surface area contributed by atoms with Gasteiger partial charge in [-0.1, -0.05) is 39.3 Å². The molecule has 0 aromatic rings. The Balaban J connectivity index is 0.915. The van der Waals surface area contributed by atoms with Crippen molar-refractivity contribution in [3.05, 3.63) is 11.6 Å².